The van der Waals surface area contributed by atoms with E-state index in [-0.39, 0.29) is 17.0 Å². The highest BCUT2D eigenvalue weighted by Gasteiger charge is 2.30. The lowest BCUT2D eigenvalue weighted by Gasteiger charge is -2.07. The molecular formula is C16H13F3N2O2. The van der Waals surface area contributed by atoms with Crippen molar-refractivity contribution in [2.24, 2.45) is 0 Å². The summed E-state index contributed by atoms with van der Waals surface area (Å²) in [4.78, 5) is 11.7. The molecule has 0 radical (unpaired) electrons. The number of nitrogen functional groups attached to an aromatic ring is 2. The Morgan fingerprint density at radius 2 is 1.83 bits per heavy atom. The number of anilines is 2. The topological polar surface area (TPSA) is 78.3 Å². The average molecular weight is 322 g/mol. The summed E-state index contributed by atoms with van der Waals surface area (Å²) in [6.45, 7) is 0. The fraction of sp³-hybridized carbons (Fsp3) is 0.0625. The van der Waals surface area contributed by atoms with Gasteiger partial charge in [0.1, 0.15) is 0 Å². The standard InChI is InChI=1S/C16H13F3N2O2/c17-16(18,19)11-3-1-2-10(8-11)4-7-15(22)23-14-6-5-12(20)9-13(14)21/h1-9H,20-21H2. The minimum absolute atomic E-state index is 0.123. The van der Waals surface area contributed by atoms with Gasteiger partial charge in [0.05, 0.1) is 11.3 Å². The largest absolute Gasteiger partial charge is 0.421 e. The van der Waals surface area contributed by atoms with Crippen molar-refractivity contribution in [3.63, 3.8) is 0 Å². The van der Waals surface area contributed by atoms with Crippen LogP contribution in [0.1, 0.15) is 11.1 Å². The Kier molecular flexibility index (Phi) is 4.59. The lowest BCUT2D eigenvalue weighted by atomic mass is 10.1. The highest BCUT2D eigenvalue weighted by molar-refractivity contribution is 5.89. The van der Waals surface area contributed by atoms with Crippen LogP contribution >= 0.6 is 0 Å². The summed E-state index contributed by atoms with van der Waals surface area (Å²) in [5, 5.41) is 0. The Morgan fingerprint density at radius 1 is 1.09 bits per heavy atom. The molecule has 2 aromatic carbocycles. The first kappa shape index (κ1) is 16.4. The molecule has 0 aliphatic rings. The van der Waals surface area contributed by atoms with Crippen molar-refractivity contribution in [3.05, 3.63) is 59.7 Å². The zero-order valence-corrected chi connectivity index (χ0v) is 11.8. The molecule has 0 saturated heterocycles. The number of ether oxygens (including phenoxy) is 1. The molecule has 2 rings (SSSR count). The van der Waals surface area contributed by atoms with Gasteiger partial charge in [-0.15, -0.1) is 0 Å². The molecule has 0 aromatic heterocycles. The molecule has 7 heteroatoms. The van der Waals surface area contributed by atoms with Gasteiger partial charge in [0, 0.05) is 11.8 Å². The third-order valence-electron chi connectivity index (χ3n) is 2.87. The van der Waals surface area contributed by atoms with E-state index in [0.717, 1.165) is 18.2 Å². The quantitative estimate of drug-likeness (QED) is 0.392. The van der Waals surface area contributed by atoms with Gasteiger partial charge in [0.2, 0.25) is 0 Å². The first-order valence-electron chi connectivity index (χ1n) is 6.48. The molecule has 0 unspecified atom stereocenters. The fourth-order valence-corrected chi connectivity index (χ4v) is 1.79. The van der Waals surface area contributed by atoms with E-state index in [9.17, 15) is 18.0 Å². The summed E-state index contributed by atoms with van der Waals surface area (Å²) >= 11 is 0. The maximum atomic E-state index is 12.6. The van der Waals surface area contributed by atoms with Crippen LogP contribution in [-0.4, -0.2) is 5.97 Å². The predicted molar refractivity (Wildman–Crippen MR) is 81.4 cm³/mol. The van der Waals surface area contributed by atoms with Gasteiger partial charge in [-0.1, -0.05) is 12.1 Å². The summed E-state index contributed by atoms with van der Waals surface area (Å²) in [6, 6.07) is 8.95. The van der Waals surface area contributed by atoms with Gasteiger partial charge >= 0.3 is 12.1 Å². The summed E-state index contributed by atoms with van der Waals surface area (Å²) in [5.41, 5.74) is 11.2. The predicted octanol–water partition coefficient (Wildman–Crippen LogP) is 3.49. The monoisotopic (exact) mass is 322 g/mol. The number of hydrogen-bond donors (Lipinski definition) is 2. The SMILES string of the molecule is Nc1ccc(OC(=O)C=Cc2cccc(C(F)(F)F)c2)c(N)c1. The van der Waals surface area contributed by atoms with Crippen LogP contribution in [0.4, 0.5) is 24.5 Å². The molecule has 0 amide bonds. The van der Waals surface area contributed by atoms with Crippen LogP contribution in [0.3, 0.4) is 0 Å². The van der Waals surface area contributed by atoms with Gasteiger partial charge in [-0.25, -0.2) is 4.79 Å². The van der Waals surface area contributed by atoms with E-state index in [1.165, 1.54) is 36.4 Å². The number of esters is 1. The second-order valence-corrected chi connectivity index (χ2v) is 4.67. The summed E-state index contributed by atoms with van der Waals surface area (Å²) in [6.07, 6.45) is -2.20. The van der Waals surface area contributed by atoms with Gasteiger partial charge in [-0.2, -0.15) is 13.2 Å². The maximum Gasteiger partial charge on any atom is 0.416 e. The highest BCUT2D eigenvalue weighted by Crippen LogP contribution is 2.29. The number of benzene rings is 2. The first-order valence-corrected chi connectivity index (χ1v) is 6.48. The zero-order chi connectivity index (χ0) is 17.0. The van der Waals surface area contributed by atoms with Gasteiger partial charge in [-0.05, 0) is 42.0 Å². The Morgan fingerprint density at radius 3 is 2.48 bits per heavy atom. The lowest BCUT2D eigenvalue weighted by Crippen LogP contribution is -2.06. The van der Waals surface area contributed by atoms with Gasteiger partial charge in [-0.3, -0.25) is 0 Å². The van der Waals surface area contributed by atoms with E-state index >= 15 is 0 Å². The number of hydrogen-bond acceptors (Lipinski definition) is 4. The van der Waals surface area contributed by atoms with Crippen molar-refractivity contribution < 1.29 is 22.7 Å². The molecule has 23 heavy (non-hydrogen) atoms. The average Bonchev–Trinajstić information content (AvgIpc) is 2.47. The molecule has 0 atom stereocenters. The number of carbonyl (C=O) groups is 1. The van der Waals surface area contributed by atoms with Crippen LogP contribution in [0.2, 0.25) is 0 Å². The van der Waals surface area contributed by atoms with Crippen molar-refractivity contribution in [2.45, 2.75) is 6.18 Å². The molecular weight excluding hydrogens is 309 g/mol. The van der Waals surface area contributed by atoms with Crippen molar-refractivity contribution in [1.29, 1.82) is 0 Å². The van der Waals surface area contributed by atoms with Crippen molar-refractivity contribution in [3.8, 4) is 5.75 Å². The van der Waals surface area contributed by atoms with E-state index in [4.69, 9.17) is 16.2 Å². The van der Waals surface area contributed by atoms with Crippen LogP contribution in [0.5, 0.6) is 5.75 Å². The number of alkyl halides is 3. The second-order valence-electron chi connectivity index (χ2n) is 4.67. The molecule has 0 heterocycles. The molecule has 0 fully saturated rings. The summed E-state index contributed by atoms with van der Waals surface area (Å²) in [5.74, 6) is -0.642. The normalized spacial score (nSPS) is 11.6. The van der Waals surface area contributed by atoms with Crippen molar-refractivity contribution >= 4 is 23.4 Å². The molecule has 2 aromatic rings. The number of halogens is 3. The van der Waals surface area contributed by atoms with E-state index in [0.29, 0.717) is 5.69 Å². The van der Waals surface area contributed by atoms with Crippen LogP contribution in [0.15, 0.2) is 48.5 Å². The Labute approximate surface area is 130 Å². The molecule has 0 aliphatic carbocycles. The zero-order valence-electron chi connectivity index (χ0n) is 11.8. The van der Waals surface area contributed by atoms with Gasteiger partial charge < -0.3 is 16.2 Å². The van der Waals surface area contributed by atoms with Crippen molar-refractivity contribution in [2.75, 3.05) is 11.5 Å². The molecule has 4 nitrogen and oxygen atoms in total. The Hall–Kier alpha value is -2.96. The van der Waals surface area contributed by atoms with E-state index < -0.39 is 17.7 Å². The number of carbonyl (C=O) groups excluding carboxylic acids is 1. The highest BCUT2D eigenvalue weighted by atomic mass is 19.4. The maximum absolute atomic E-state index is 12.6. The molecule has 0 saturated carbocycles. The smallest absolute Gasteiger partial charge is 0.416 e. The number of rotatable bonds is 3. The van der Waals surface area contributed by atoms with Crippen molar-refractivity contribution in [1.82, 2.24) is 0 Å². The minimum atomic E-state index is -4.44. The molecule has 120 valence electrons. The summed E-state index contributed by atoms with van der Waals surface area (Å²) < 4.78 is 42.8. The fourth-order valence-electron chi connectivity index (χ4n) is 1.79. The Bertz CT molecular complexity index is 755. The number of nitrogens with two attached hydrogens (primary N) is 2. The Balaban J connectivity index is 2.09. The summed E-state index contributed by atoms with van der Waals surface area (Å²) in [7, 11) is 0. The van der Waals surface area contributed by atoms with Crippen LogP contribution in [-0.2, 0) is 11.0 Å². The van der Waals surface area contributed by atoms with E-state index in [2.05, 4.69) is 0 Å². The third kappa shape index (κ3) is 4.50. The first-order chi connectivity index (χ1) is 10.8. The molecule has 0 spiro atoms. The van der Waals surface area contributed by atoms with E-state index in [1.54, 1.807) is 0 Å². The van der Waals surface area contributed by atoms with Crippen LogP contribution in [0.25, 0.3) is 6.08 Å². The van der Waals surface area contributed by atoms with Crippen LogP contribution < -0.4 is 16.2 Å². The second kappa shape index (κ2) is 6.43. The molecule has 0 bridgehead atoms. The molecule has 0 aliphatic heterocycles. The van der Waals surface area contributed by atoms with Crippen LogP contribution in [0, 0.1) is 0 Å². The molecule has 4 N–H and O–H groups in total. The van der Waals surface area contributed by atoms with Gasteiger partial charge in [0.25, 0.3) is 0 Å². The minimum Gasteiger partial charge on any atom is -0.421 e. The van der Waals surface area contributed by atoms with E-state index in [1.807, 2.05) is 0 Å². The lowest BCUT2D eigenvalue weighted by molar-refractivity contribution is -0.137. The third-order valence-corrected chi connectivity index (χ3v) is 2.87. The van der Waals surface area contributed by atoms with Gasteiger partial charge in [0.15, 0.2) is 5.75 Å².